The molecule has 0 atom stereocenters. The summed E-state index contributed by atoms with van der Waals surface area (Å²) < 4.78 is 22.7. The first kappa shape index (κ1) is 18.9. The standard InChI is InChI=1S/C20H16Cl2N4O4/c21-17-18(22)24-20(25-19(17)23)26(11-1-3-13-15(9-11)29-7-5-27-13)12-2-4-14-16(10-12)30-8-6-28-14/h1-4,9-10H,5-8H2,(H2,23,24,25). The molecule has 2 aliphatic heterocycles. The molecular formula is C20H16Cl2N4O4. The maximum absolute atomic E-state index is 6.19. The SMILES string of the molecule is Nc1nc(N(c2ccc3c(c2)OCCO3)c2ccc3c(c2)OCCO3)nc(Cl)c1Cl. The molecule has 0 amide bonds. The third-order valence-corrected chi connectivity index (χ3v) is 5.34. The molecule has 0 fully saturated rings. The van der Waals surface area contributed by atoms with E-state index in [1.807, 2.05) is 36.4 Å². The van der Waals surface area contributed by atoms with Crippen molar-refractivity contribution in [3.8, 4) is 23.0 Å². The van der Waals surface area contributed by atoms with E-state index in [2.05, 4.69) is 9.97 Å². The van der Waals surface area contributed by atoms with Crippen molar-refractivity contribution >= 4 is 46.3 Å². The molecule has 3 heterocycles. The van der Waals surface area contributed by atoms with Gasteiger partial charge in [-0.3, -0.25) is 4.90 Å². The first-order chi connectivity index (χ1) is 14.6. The van der Waals surface area contributed by atoms with Gasteiger partial charge in [0.25, 0.3) is 0 Å². The van der Waals surface area contributed by atoms with E-state index in [4.69, 9.17) is 47.9 Å². The Bertz CT molecular complexity index is 1050. The van der Waals surface area contributed by atoms with Gasteiger partial charge in [-0.1, -0.05) is 23.2 Å². The molecule has 5 rings (SSSR count). The van der Waals surface area contributed by atoms with Crippen LogP contribution in [0.15, 0.2) is 36.4 Å². The Balaban J connectivity index is 1.66. The van der Waals surface area contributed by atoms with Crippen LogP contribution in [0.3, 0.4) is 0 Å². The molecule has 8 nitrogen and oxygen atoms in total. The number of anilines is 4. The highest BCUT2D eigenvalue weighted by atomic mass is 35.5. The molecular weight excluding hydrogens is 431 g/mol. The van der Waals surface area contributed by atoms with Gasteiger partial charge < -0.3 is 24.7 Å². The molecule has 30 heavy (non-hydrogen) atoms. The molecule has 2 N–H and O–H groups in total. The van der Waals surface area contributed by atoms with Crippen LogP contribution in [0.25, 0.3) is 0 Å². The second-order valence-electron chi connectivity index (χ2n) is 6.50. The number of benzene rings is 2. The van der Waals surface area contributed by atoms with E-state index in [0.29, 0.717) is 60.8 Å². The number of fused-ring (bicyclic) bond motifs is 2. The third kappa shape index (κ3) is 3.38. The van der Waals surface area contributed by atoms with Gasteiger partial charge in [-0.15, -0.1) is 0 Å². The number of halogens is 2. The minimum Gasteiger partial charge on any atom is -0.486 e. The Morgan fingerprint density at radius 1 is 0.733 bits per heavy atom. The minimum atomic E-state index is 0.0549. The Hall–Kier alpha value is -3.10. The lowest BCUT2D eigenvalue weighted by atomic mass is 10.2. The molecule has 0 spiro atoms. The zero-order valence-electron chi connectivity index (χ0n) is 15.6. The highest BCUT2D eigenvalue weighted by Gasteiger charge is 2.23. The largest absolute Gasteiger partial charge is 0.486 e. The van der Waals surface area contributed by atoms with Gasteiger partial charge in [-0.25, -0.2) is 0 Å². The predicted molar refractivity (Wildman–Crippen MR) is 113 cm³/mol. The number of hydrogen-bond acceptors (Lipinski definition) is 8. The fraction of sp³-hybridized carbons (Fsp3) is 0.200. The molecule has 0 radical (unpaired) electrons. The van der Waals surface area contributed by atoms with Crippen molar-refractivity contribution in [1.29, 1.82) is 0 Å². The quantitative estimate of drug-likeness (QED) is 0.592. The molecule has 2 aromatic carbocycles. The monoisotopic (exact) mass is 446 g/mol. The maximum Gasteiger partial charge on any atom is 0.238 e. The lowest BCUT2D eigenvalue weighted by molar-refractivity contribution is 0.171. The van der Waals surface area contributed by atoms with Crippen molar-refractivity contribution in [3.05, 3.63) is 46.6 Å². The maximum atomic E-state index is 6.19. The summed E-state index contributed by atoms with van der Waals surface area (Å²) in [7, 11) is 0. The number of nitrogens with two attached hydrogens (primary N) is 1. The number of hydrogen-bond donors (Lipinski definition) is 1. The van der Waals surface area contributed by atoms with Crippen molar-refractivity contribution in [1.82, 2.24) is 9.97 Å². The van der Waals surface area contributed by atoms with Crippen LogP contribution >= 0.6 is 23.2 Å². The van der Waals surface area contributed by atoms with E-state index < -0.39 is 0 Å². The number of nitrogens with zero attached hydrogens (tertiary/aromatic N) is 3. The third-order valence-electron chi connectivity index (χ3n) is 4.59. The van der Waals surface area contributed by atoms with Crippen LogP contribution in [0.1, 0.15) is 0 Å². The molecule has 0 saturated heterocycles. The highest BCUT2D eigenvalue weighted by molar-refractivity contribution is 6.42. The van der Waals surface area contributed by atoms with Gasteiger partial charge in [0, 0.05) is 12.1 Å². The molecule has 1 aromatic heterocycles. The van der Waals surface area contributed by atoms with E-state index in [9.17, 15) is 0 Å². The Labute approximate surface area is 182 Å². The minimum absolute atomic E-state index is 0.0549. The van der Waals surface area contributed by atoms with Crippen LogP contribution in [0, 0.1) is 0 Å². The van der Waals surface area contributed by atoms with Gasteiger partial charge in [0.1, 0.15) is 37.3 Å². The van der Waals surface area contributed by atoms with Gasteiger partial charge in [-0.05, 0) is 24.3 Å². The molecule has 3 aromatic rings. The van der Waals surface area contributed by atoms with E-state index in [1.165, 1.54) is 0 Å². The Morgan fingerprint density at radius 2 is 1.23 bits per heavy atom. The van der Waals surface area contributed by atoms with Gasteiger partial charge in [0.05, 0.1) is 11.4 Å². The average molecular weight is 447 g/mol. The van der Waals surface area contributed by atoms with Gasteiger partial charge in [0.2, 0.25) is 5.95 Å². The fourth-order valence-corrected chi connectivity index (χ4v) is 3.50. The zero-order chi connectivity index (χ0) is 20.7. The molecule has 2 aliphatic rings. The van der Waals surface area contributed by atoms with Crippen molar-refractivity contribution in [2.24, 2.45) is 0 Å². The van der Waals surface area contributed by atoms with Crippen molar-refractivity contribution in [3.63, 3.8) is 0 Å². The average Bonchev–Trinajstić information content (AvgIpc) is 2.77. The van der Waals surface area contributed by atoms with Crippen LogP contribution in [-0.2, 0) is 0 Å². The summed E-state index contributed by atoms with van der Waals surface area (Å²) in [6.07, 6.45) is 0. The summed E-state index contributed by atoms with van der Waals surface area (Å²) in [4.78, 5) is 10.5. The van der Waals surface area contributed by atoms with Gasteiger partial charge in [-0.2, -0.15) is 9.97 Å². The van der Waals surface area contributed by atoms with E-state index in [-0.39, 0.29) is 21.9 Å². The predicted octanol–water partition coefficient (Wildman–Crippen LogP) is 4.38. The summed E-state index contributed by atoms with van der Waals surface area (Å²) in [6, 6.07) is 11.1. The molecule has 0 bridgehead atoms. The fourth-order valence-electron chi connectivity index (χ4n) is 3.25. The Kier molecular flexibility index (Phi) is 4.80. The molecule has 10 heteroatoms. The molecule has 0 unspecified atom stereocenters. The summed E-state index contributed by atoms with van der Waals surface area (Å²) >= 11 is 12.3. The number of nitrogen functional groups attached to an aromatic ring is 1. The van der Waals surface area contributed by atoms with Crippen molar-refractivity contribution in [2.75, 3.05) is 37.1 Å². The molecule has 0 saturated carbocycles. The van der Waals surface area contributed by atoms with Crippen LogP contribution in [0.5, 0.6) is 23.0 Å². The van der Waals surface area contributed by atoms with Crippen molar-refractivity contribution < 1.29 is 18.9 Å². The van der Waals surface area contributed by atoms with Crippen molar-refractivity contribution in [2.45, 2.75) is 0 Å². The summed E-state index contributed by atoms with van der Waals surface area (Å²) in [5.41, 5.74) is 7.39. The smallest absolute Gasteiger partial charge is 0.238 e. The van der Waals surface area contributed by atoms with Crippen LogP contribution < -0.4 is 29.6 Å². The van der Waals surface area contributed by atoms with Gasteiger partial charge >= 0.3 is 0 Å². The highest BCUT2D eigenvalue weighted by Crippen LogP contribution is 2.43. The second kappa shape index (κ2) is 7.62. The summed E-state index contributed by atoms with van der Waals surface area (Å²) in [6.45, 7) is 1.95. The number of rotatable bonds is 3. The zero-order valence-corrected chi connectivity index (χ0v) is 17.1. The normalized spacial score (nSPS) is 14.3. The first-order valence-corrected chi connectivity index (χ1v) is 9.94. The summed E-state index contributed by atoms with van der Waals surface area (Å²) in [5.74, 6) is 2.90. The van der Waals surface area contributed by atoms with Crippen LogP contribution in [0.2, 0.25) is 10.2 Å². The van der Waals surface area contributed by atoms with Crippen LogP contribution in [0.4, 0.5) is 23.1 Å². The number of ether oxygens (including phenoxy) is 4. The van der Waals surface area contributed by atoms with Crippen LogP contribution in [-0.4, -0.2) is 36.4 Å². The summed E-state index contributed by atoms with van der Waals surface area (Å²) in [5, 5.41) is 0.156. The topological polar surface area (TPSA) is 92.0 Å². The Morgan fingerprint density at radius 3 is 1.73 bits per heavy atom. The van der Waals surface area contributed by atoms with E-state index in [0.717, 1.165) is 0 Å². The molecule has 0 aliphatic carbocycles. The van der Waals surface area contributed by atoms with Gasteiger partial charge in [0.15, 0.2) is 28.2 Å². The second-order valence-corrected chi connectivity index (χ2v) is 7.24. The first-order valence-electron chi connectivity index (χ1n) is 9.18. The van der Waals surface area contributed by atoms with E-state index in [1.54, 1.807) is 4.90 Å². The molecule has 154 valence electrons. The van der Waals surface area contributed by atoms with E-state index >= 15 is 0 Å². The lowest BCUT2D eigenvalue weighted by Gasteiger charge is -2.27. The lowest BCUT2D eigenvalue weighted by Crippen LogP contribution is -2.19. The number of aromatic nitrogens is 2.